The van der Waals surface area contributed by atoms with Crippen molar-refractivity contribution in [1.82, 2.24) is 15.2 Å². The summed E-state index contributed by atoms with van der Waals surface area (Å²) in [6.45, 7) is 1.40. The largest absolute Gasteiger partial charge is 0.329 e. The van der Waals surface area contributed by atoms with Crippen molar-refractivity contribution in [3.63, 3.8) is 0 Å². The third-order valence-corrected chi connectivity index (χ3v) is 5.39. The highest BCUT2D eigenvalue weighted by Crippen LogP contribution is 2.29. The molecule has 1 aliphatic heterocycles. The molecule has 3 aromatic rings. The fraction of sp³-hybridized carbons (Fsp3) is 0.150. The van der Waals surface area contributed by atoms with E-state index in [-0.39, 0.29) is 24.9 Å². The Bertz CT molecular complexity index is 1170. The van der Waals surface area contributed by atoms with Crippen molar-refractivity contribution >= 4 is 56.1 Å². The Morgan fingerprint density at radius 3 is 2.70 bits per heavy atom. The lowest BCUT2D eigenvalue weighted by atomic mass is 10.1. The second-order valence-electron chi connectivity index (χ2n) is 6.63. The normalized spacial score (nSPS) is 13.4. The standard InChI is InChI=1S/C20H17N5O4S/c1-11(26)22-13-6-7-15-16(8-13)30-19(23-15)24-18(28)14-5-3-2-4-12(14)10-25-17(27)9-21-20(25)29/h2-8H,9-10H2,1H3,(H,21,29)(H,22,26)(H,23,24,28). The first-order valence-electron chi connectivity index (χ1n) is 9.06. The zero-order valence-corrected chi connectivity index (χ0v) is 16.7. The average molecular weight is 423 g/mol. The zero-order chi connectivity index (χ0) is 21.3. The van der Waals surface area contributed by atoms with Crippen LogP contribution >= 0.6 is 11.3 Å². The number of hydrogen-bond acceptors (Lipinski definition) is 6. The van der Waals surface area contributed by atoms with Crippen LogP contribution < -0.4 is 16.0 Å². The number of amides is 5. The molecule has 1 saturated heterocycles. The van der Waals surface area contributed by atoms with Crippen LogP contribution in [0.2, 0.25) is 0 Å². The number of carbonyl (C=O) groups is 4. The molecular formula is C20H17N5O4S. The van der Waals surface area contributed by atoms with Crippen molar-refractivity contribution < 1.29 is 19.2 Å². The third-order valence-electron chi connectivity index (χ3n) is 4.46. The van der Waals surface area contributed by atoms with E-state index in [0.717, 1.165) is 9.60 Å². The van der Waals surface area contributed by atoms with Crippen LogP contribution in [0.3, 0.4) is 0 Å². The molecule has 0 aliphatic carbocycles. The predicted molar refractivity (Wildman–Crippen MR) is 112 cm³/mol. The zero-order valence-electron chi connectivity index (χ0n) is 15.9. The van der Waals surface area contributed by atoms with E-state index < -0.39 is 11.9 Å². The van der Waals surface area contributed by atoms with E-state index in [1.165, 1.54) is 18.3 Å². The summed E-state index contributed by atoms with van der Waals surface area (Å²) in [6, 6.07) is 11.6. The Balaban J connectivity index is 1.55. The van der Waals surface area contributed by atoms with Gasteiger partial charge in [-0.3, -0.25) is 24.6 Å². The molecule has 0 saturated carbocycles. The first-order chi connectivity index (χ1) is 14.4. The molecule has 30 heavy (non-hydrogen) atoms. The van der Waals surface area contributed by atoms with Gasteiger partial charge in [0.1, 0.15) is 0 Å². The van der Waals surface area contributed by atoms with Crippen LogP contribution in [0.15, 0.2) is 42.5 Å². The van der Waals surface area contributed by atoms with Gasteiger partial charge in [-0.2, -0.15) is 0 Å². The lowest BCUT2D eigenvalue weighted by Gasteiger charge is -2.15. The number of urea groups is 1. The highest BCUT2D eigenvalue weighted by molar-refractivity contribution is 7.22. The number of carbonyl (C=O) groups excluding carboxylic acids is 4. The smallest absolute Gasteiger partial charge is 0.324 e. The number of imide groups is 1. The van der Waals surface area contributed by atoms with Gasteiger partial charge in [-0.05, 0) is 29.8 Å². The van der Waals surface area contributed by atoms with Crippen molar-refractivity contribution in [2.45, 2.75) is 13.5 Å². The number of rotatable bonds is 5. The lowest BCUT2D eigenvalue weighted by Crippen LogP contribution is -2.31. The topological polar surface area (TPSA) is 120 Å². The average Bonchev–Trinajstić information content (AvgIpc) is 3.24. The molecule has 152 valence electrons. The summed E-state index contributed by atoms with van der Waals surface area (Å²) >= 11 is 1.28. The van der Waals surface area contributed by atoms with Gasteiger partial charge in [0.2, 0.25) is 11.8 Å². The molecule has 10 heteroatoms. The summed E-state index contributed by atoms with van der Waals surface area (Å²) in [5.74, 6) is -0.899. The van der Waals surface area contributed by atoms with Crippen LogP contribution in [0.5, 0.6) is 0 Å². The summed E-state index contributed by atoms with van der Waals surface area (Å²) < 4.78 is 0.809. The molecule has 0 bridgehead atoms. The molecule has 3 N–H and O–H groups in total. The number of hydrogen-bond donors (Lipinski definition) is 3. The number of fused-ring (bicyclic) bond motifs is 1. The van der Waals surface area contributed by atoms with Crippen molar-refractivity contribution in [2.24, 2.45) is 0 Å². The Hall–Kier alpha value is -3.79. The molecule has 1 aliphatic rings. The monoisotopic (exact) mass is 423 g/mol. The SMILES string of the molecule is CC(=O)Nc1ccc2nc(NC(=O)c3ccccc3CN3C(=O)CNC3=O)sc2c1. The minimum atomic E-state index is -0.476. The van der Waals surface area contributed by atoms with E-state index in [1.54, 1.807) is 42.5 Å². The summed E-state index contributed by atoms with van der Waals surface area (Å²) in [5, 5.41) is 8.35. The van der Waals surface area contributed by atoms with Gasteiger partial charge in [0.05, 0.1) is 23.3 Å². The highest BCUT2D eigenvalue weighted by atomic mass is 32.1. The first kappa shape index (κ1) is 19.5. The van der Waals surface area contributed by atoms with Gasteiger partial charge >= 0.3 is 6.03 Å². The van der Waals surface area contributed by atoms with E-state index in [1.807, 2.05) is 0 Å². The van der Waals surface area contributed by atoms with Gasteiger partial charge in [-0.25, -0.2) is 9.78 Å². The van der Waals surface area contributed by atoms with Crippen molar-refractivity contribution in [3.8, 4) is 0 Å². The summed E-state index contributed by atoms with van der Waals surface area (Å²) in [6.07, 6.45) is 0. The third kappa shape index (κ3) is 3.98. The molecule has 1 aromatic heterocycles. The van der Waals surface area contributed by atoms with Crippen LogP contribution in [0.1, 0.15) is 22.8 Å². The molecule has 0 unspecified atom stereocenters. The van der Waals surface area contributed by atoms with Gasteiger partial charge in [0.15, 0.2) is 5.13 Å². The molecule has 1 fully saturated rings. The minimum absolute atomic E-state index is 0.00812. The Labute approximate surface area is 175 Å². The van der Waals surface area contributed by atoms with Crippen LogP contribution in [-0.2, 0) is 16.1 Å². The van der Waals surface area contributed by atoms with Crippen LogP contribution in [0.4, 0.5) is 15.6 Å². The van der Waals surface area contributed by atoms with E-state index >= 15 is 0 Å². The maximum absolute atomic E-state index is 12.9. The number of nitrogens with zero attached hydrogens (tertiary/aromatic N) is 2. The molecule has 2 aromatic carbocycles. The van der Waals surface area contributed by atoms with Gasteiger partial charge in [0, 0.05) is 18.2 Å². The van der Waals surface area contributed by atoms with Crippen molar-refractivity contribution in [1.29, 1.82) is 0 Å². The summed E-state index contributed by atoms with van der Waals surface area (Å²) in [5.41, 5.74) is 2.24. The lowest BCUT2D eigenvalue weighted by molar-refractivity contribution is -0.125. The number of benzene rings is 2. The Morgan fingerprint density at radius 2 is 1.97 bits per heavy atom. The minimum Gasteiger partial charge on any atom is -0.329 e. The Kier molecular flexibility index (Phi) is 5.15. The highest BCUT2D eigenvalue weighted by Gasteiger charge is 2.29. The molecule has 0 spiro atoms. The van der Waals surface area contributed by atoms with Gasteiger partial charge in [-0.1, -0.05) is 29.5 Å². The maximum atomic E-state index is 12.9. The predicted octanol–water partition coefficient (Wildman–Crippen LogP) is 2.56. The molecule has 0 atom stereocenters. The second-order valence-corrected chi connectivity index (χ2v) is 7.66. The van der Waals surface area contributed by atoms with E-state index in [4.69, 9.17) is 0 Å². The molecular weight excluding hydrogens is 406 g/mol. The van der Waals surface area contributed by atoms with E-state index in [0.29, 0.717) is 27.5 Å². The first-order valence-corrected chi connectivity index (χ1v) is 9.88. The molecule has 2 heterocycles. The molecule has 0 radical (unpaired) electrons. The maximum Gasteiger partial charge on any atom is 0.324 e. The molecule has 4 rings (SSSR count). The fourth-order valence-electron chi connectivity index (χ4n) is 3.09. The van der Waals surface area contributed by atoms with E-state index in [2.05, 4.69) is 20.9 Å². The quantitative estimate of drug-likeness (QED) is 0.545. The van der Waals surface area contributed by atoms with Crippen molar-refractivity contribution in [3.05, 3.63) is 53.6 Å². The van der Waals surface area contributed by atoms with Gasteiger partial charge in [-0.15, -0.1) is 0 Å². The summed E-state index contributed by atoms with van der Waals surface area (Å²) in [7, 11) is 0. The molecule has 5 amide bonds. The van der Waals surface area contributed by atoms with E-state index in [9.17, 15) is 19.2 Å². The number of anilines is 2. The molecule has 9 nitrogen and oxygen atoms in total. The van der Waals surface area contributed by atoms with Crippen LogP contribution in [0.25, 0.3) is 10.2 Å². The van der Waals surface area contributed by atoms with Crippen LogP contribution in [-0.4, -0.2) is 40.2 Å². The number of aromatic nitrogens is 1. The van der Waals surface area contributed by atoms with Crippen molar-refractivity contribution in [2.75, 3.05) is 17.2 Å². The summed E-state index contributed by atoms with van der Waals surface area (Å²) in [4.78, 5) is 53.2. The number of nitrogens with one attached hydrogen (secondary N) is 3. The van der Waals surface area contributed by atoms with Gasteiger partial charge in [0.25, 0.3) is 5.91 Å². The fourth-order valence-corrected chi connectivity index (χ4v) is 3.99. The number of thiazole rings is 1. The second kappa shape index (κ2) is 7.91. The Morgan fingerprint density at radius 1 is 1.17 bits per heavy atom. The van der Waals surface area contributed by atoms with Crippen LogP contribution in [0, 0.1) is 0 Å². The van der Waals surface area contributed by atoms with Gasteiger partial charge < -0.3 is 10.6 Å².